The van der Waals surface area contributed by atoms with Crippen molar-refractivity contribution in [1.82, 2.24) is 15.3 Å². The van der Waals surface area contributed by atoms with Crippen LogP contribution in [-0.4, -0.2) is 55.4 Å². The summed E-state index contributed by atoms with van der Waals surface area (Å²) in [4.78, 5) is 2.32. The van der Waals surface area contributed by atoms with Crippen LogP contribution in [0.15, 0.2) is 16.6 Å². The van der Waals surface area contributed by atoms with Gasteiger partial charge in [0.15, 0.2) is 11.5 Å². The molecule has 0 saturated carbocycles. The molecule has 0 aliphatic carbocycles. The molecule has 1 aromatic carbocycles. The van der Waals surface area contributed by atoms with Gasteiger partial charge in [-0.2, -0.15) is 0 Å². The van der Waals surface area contributed by atoms with Gasteiger partial charge >= 0.3 is 0 Å². The van der Waals surface area contributed by atoms with E-state index in [0.717, 1.165) is 38.3 Å². The molecule has 1 aliphatic rings. The zero-order valence-corrected chi connectivity index (χ0v) is 12.9. The summed E-state index contributed by atoms with van der Waals surface area (Å²) in [5, 5.41) is 12.0. The van der Waals surface area contributed by atoms with Crippen LogP contribution in [0.5, 0.6) is 11.5 Å². The number of benzene rings is 1. The summed E-state index contributed by atoms with van der Waals surface area (Å²) in [5.74, 6) is 0.635. The molecule has 0 unspecified atom stereocenters. The minimum absolute atomic E-state index is 0.144. The van der Waals surface area contributed by atoms with E-state index in [1.165, 1.54) is 0 Å². The van der Waals surface area contributed by atoms with Crippen LogP contribution in [0.4, 0.5) is 0 Å². The number of rotatable bonds is 4. The maximum atomic E-state index is 9.76. The Morgan fingerprint density at radius 3 is 2.63 bits per heavy atom. The first-order valence-corrected chi connectivity index (χ1v) is 7.12. The third-order valence-electron chi connectivity index (χ3n) is 3.32. The van der Waals surface area contributed by atoms with Crippen molar-refractivity contribution in [3.8, 4) is 11.5 Å². The molecular formula is C13H20BrN3O2. The molecule has 1 fully saturated rings. The van der Waals surface area contributed by atoms with E-state index in [0.29, 0.717) is 10.2 Å². The molecule has 0 atom stereocenters. The number of hydrazine groups is 1. The van der Waals surface area contributed by atoms with E-state index in [9.17, 15) is 5.11 Å². The van der Waals surface area contributed by atoms with Gasteiger partial charge in [0, 0.05) is 32.7 Å². The number of likely N-dealkylation sites (N-methyl/N-ethyl adjacent to an activating group) is 1. The van der Waals surface area contributed by atoms with Gasteiger partial charge in [0.2, 0.25) is 0 Å². The quantitative estimate of drug-likeness (QED) is 0.874. The summed E-state index contributed by atoms with van der Waals surface area (Å²) in [6.45, 7) is 4.92. The van der Waals surface area contributed by atoms with E-state index in [1.807, 2.05) is 12.1 Å². The normalized spacial score (nSPS) is 17.6. The van der Waals surface area contributed by atoms with Gasteiger partial charge in [-0.05, 0) is 40.7 Å². The molecule has 5 nitrogen and oxygen atoms in total. The number of hydrogen-bond acceptors (Lipinski definition) is 5. The summed E-state index contributed by atoms with van der Waals surface area (Å²) >= 11 is 3.33. The lowest BCUT2D eigenvalue weighted by atomic mass is 10.2. The lowest BCUT2D eigenvalue weighted by Crippen LogP contribution is -2.50. The summed E-state index contributed by atoms with van der Waals surface area (Å²) in [6, 6.07) is 3.75. The second-order valence-electron chi connectivity index (χ2n) is 4.75. The smallest absolute Gasteiger partial charge is 0.172 e. The number of aromatic hydroxyl groups is 1. The molecule has 1 saturated heterocycles. The van der Waals surface area contributed by atoms with Crippen molar-refractivity contribution in [2.45, 2.75) is 6.54 Å². The summed E-state index contributed by atoms with van der Waals surface area (Å²) in [5.41, 5.74) is 4.47. The zero-order valence-electron chi connectivity index (χ0n) is 11.3. The van der Waals surface area contributed by atoms with Gasteiger partial charge in [-0.15, -0.1) is 0 Å². The van der Waals surface area contributed by atoms with Crippen molar-refractivity contribution < 1.29 is 9.84 Å². The zero-order chi connectivity index (χ0) is 13.8. The SMILES string of the molecule is COc1cc(CNN2CCN(C)CC2)cc(Br)c1O. The Morgan fingerprint density at radius 2 is 2.00 bits per heavy atom. The first kappa shape index (κ1) is 14.6. The van der Waals surface area contributed by atoms with Gasteiger partial charge < -0.3 is 14.7 Å². The van der Waals surface area contributed by atoms with Crippen molar-refractivity contribution in [3.05, 3.63) is 22.2 Å². The first-order chi connectivity index (χ1) is 9.10. The molecule has 106 valence electrons. The number of hydrogen-bond donors (Lipinski definition) is 2. The highest BCUT2D eigenvalue weighted by molar-refractivity contribution is 9.10. The topological polar surface area (TPSA) is 48.0 Å². The Balaban J connectivity index is 1.94. The largest absolute Gasteiger partial charge is 0.503 e. The highest BCUT2D eigenvalue weighted by Crippen LogP contribution is 2.35. The lowest BCUT2D eigenvalue weighted by Gasteiger charge is -2.32. The van der Waals surface area contributed by atoms with E-state index < -0.39 is 0 Å². The van der Waals surface area contributed by atoms with Gasteiger partial charge in [-0.25, -0.2) is 5.01 Å². The van der Waals surface area contributed by atoms with Gasteiger partial charge in [0.05, 0.1) is 11.6 Å². The fraction of sp³-hybridized carbons (Fsp3) is 0.538. The van der Waals surface area contributed by atoms with E-state index in [-0.39, 0.29) is 5.75 Å². The Bertz CT molecular complexity index is 434. The highest BCUT2D eigenvalue weighted by Gasteiger charge is 2.14. The van der Waals surface area contributed by atoms with Gasteiger partial charge in [-0.1, -0.05) is 0 Å². The van der Waals surface area contributed by atoms with Crippen LogP contribution in [0.25, 0.3) is 0 Å². The predicted molar refractivity (Wildman–Crippen MR) is 78.3 cm³/mol. The third kappa shape index (κ3) is 3.82. The standard InChI is InChI=1S/C13H20BrN3O2/c1-16-3-5-17(6-4-16)15-9-10-7-11(14)13(18)12(8-10)19-2/h7-8,15,18H,3-6,9H2,1-2H3. The van der Waals surface area contributed by atoms with Crippen molar-refractivity contribution in [1.29, 1.82) is 0 Å². The number of phenols is 1. The van der Waals surface area contributed by atoms with Gasteiger partial charge in [0.25, 0.3) is 0 Å². The van der Waals surface area contributed by atoms with E-state index in [1.54, 1.807) is 7.11 Å². The number of halogens is 1. The van der Waals surface area contributed by atoms with Crippen molar-refractivity contribution in [2.75, 3.05) is 40.3 Å². The molecule has 1 aliphatic heterocycles. The van der Waals surface area contributed by atoms with E-state index >= 15 is 0 Å². The minimum Gasteiger partial charge on any atom is -0.503 e. The van der Waals surface area contributed by atoms with Gasteiger partial charge in [0.1, 0.15) is 0 Å². The predicted octanol–water partition coefficient (Wildman–Crippen LogP) is 1.42. The van der Waals surface area contributed by atoms with Crippen LogP contribution in [0.2, 0.25) is 0 Å². The molecule has 2 rings (SSSR count). The summed E-state index contributed by atoms with van der Waals surface area (Å²) in [6.07, 6.45) is 0. The second-order valence-corrected chi connectivity index (χ2v) is 5.61. The number of ether oxygens (including phenoxy) is 1. The van der Waals surface area contributed by atoms with E-state index in [4.69, 9.17) is 4.74 Å². The molecule has 1 heterocycles. The molecular weight excluding hydrogens is 310 g/mol. The van der Waals surface area contributed by atoms with Crippen molar-refractivity contribution in [3.63, 3.8) is 0 Å². The average Bonchev–Trinajstić information content (AvgIpc) is 2.41. The van der Waals surface area contributed by atoms with Crippen LogP contribution in [0.1, 0.15) is 5.56 Å². The molecule has 0 amide bonds. The average molecular weight is 330 g/mol. The molecule has 1 aromatic rings. The fourth-order valence-corrected chi connectivity index (χ4v) is 2.54. The van der Waals surface area contributed by atoms with Crippen LogP contribution in [-0.2, 0) is 6.54 Å². The minimum atomic E-state index is 0.144. The number of methoxy groups -OCH3 is 1. The Labute approximate surface area is 122 Å². The molecule has 0 radical (unpaired) electrons. The molecule has 0 aromatic heterocycles. The number of nitrogens with zero attached hydrogens (tertiary/aromatic N) is 2. The molecule has 19 heavy (non-hydrogen) atoms. The maximum Gasteiger partial charge on any atom is 0.172 e. The van der Waals surface area contributed by atoms with E-state index in [2.05, 4.69) is 38.3 Å². The molecule has 0 bridgehead atoms. The maximum absolute atomic E-state index is 9.76. The van der Waals surface area contributed by atoms with Crippen LogP contribution in [0, 0.1) is 0 Å². The third-order valence-corrected chi connectivity index (χ3v) is 3.92. The summed E-state index contributed by atoms with van der Waals surface area (Å²) in [7, 11) is 3.69. The lowest BCUT2D eigenvalue weighted by molar-refractivity contribution is 0.102. The second kappa shape index (κ2) is 6.56. The van der Waals surface area contributed by atoms with Crippen molar-refractivity contribution in [2.24, 2.45) is 0 Å². The van der Waals surface area contributed by atoms with Crippen LogP contribution in [0.3, 0.4) is 0 Å². The Hall–Kier alpha value is -0.820. The molecule has 2 N–H and O–H groups in total. The molecule has 0 spiro atoms. The number of nitrogens with one attached hydrogen (secondary N) is 1. The number of piperazine rings is 1. The Kier molecular flexibility index (Phi) is 5.04. The highest BCUT2D eigenvalue weighted by atomic mass is 79.9. The summed E-state index contributed by atoms with van der Waals surface area (Å²) < 4.78 is 5.80. The number of phenolic OH excluding ortho intramolecular Hbond substituents is 1. The first-order valence-electron chi connectivity index (χ1n) is 6.32. The fourth-order valence-electron chi connectivity index (χ4n) is 2.05. The van der Waals surface area contributed by atoms with Crippen LogP contribution >= 0.6 is 15.9 Å². The van der Waals surface area contributed by atoms with Crippen LogP contribution < -0.4 is 10.2 Å². The van der Waals surface area contributed by atoms with Crippen molar-refractivity contribution >= 4 is 15.9 Å². The molecule has 6 heteroatoms. The monoisotopic (exact) mass is 329 g/mol. The Morgan fingerprint density at radius 1 is 1.32 bits per heavy atom. The van der Waals surface area contributed by atoms with Gasteiger partial charge in [-0.3, -0.25) is 5.43 Å².